The zero-order chi connectivity index (χ0) is 17.1. The molecule has 2 aliphatic heterocycles. The lowest BCUT2D eigenvalue weighted by molar-refractivity contribution is -0.143. The SMILES string of the molecule is O=C(O)C(C[C@@H]1CCCNC1=O)NC(=O)[C@H]1NC[C@@H]2CCCC[C@@H]21. The molecular formula is C17H27N3O4. The number of amides is 2. The first-order valence-electron chi connectivity index (χ1n) is 9.10. The lowest BCUT2D eigenvalue weighted by Gasteiger charge is -2.29. The van der Waals surface area contributed by atoms with Crippen LogP contribution in [0.25, 0.3) is 0 Å². The van der Waals surface area contributed by atoms with Gasteiger partial charge < -0.3 is 21.1 Å². The minimum atomic E-state index is -1.07. The molecule has 1 unspecified atom stereocenters. The van der Waals surface area contributed by atoms with Gasteiger partial charge in [0.15, 0.2) is 0 Å². The standard InChI is InChI=1S/C17H27N3O4/c21-15-10(5-3-7-18-15)8-13(17(23)24)20-16(22)14-12-6-2-1-4-11(12)9-19-14/h10-14,19H,1-9H2,(H,18,21)(H,20,22)(H,23,24)/t10-,11-,12-,13?,14-/m0/s1. The van der Waals surface area contributed by atoms with E-state index in [-0.39, 0.29) is 30.2 Å². The molecule has 0 spiro atoms. The number of carboxylic acids is 1. The highest BCUT2D eigenvalue weighted by molar-refractivity contribution is 5.88. The number of aliphatic carboxylic acids is 1. The normalized spacial score (nSPS) is 34.1. The number of piperidine rings is 1. The van der Waals surface area contributed by atoms with E-state index < -0.39 is 12.0 Å². The largest absolute Gasteiger partial charge is 0.480 e. The molecule has 24 heavy (non-hydrogen) atoms. The quantitative estimate of drug-likeness (QED) is 0.575. The second-order valence-electron chi connectivity index (χ2n) is 7.36. The third kappa shape index (κ3) is 3.71. The highest BCUT2D eigenvalue weighted by Crippen LogP contribution is 2.36. The van der Waals surface area contributed by atoms with E-state index in [2.05, 4.69) is 16.0 Å². The van der Waals surface area contributed by atoms with Crippen LogP contribution in [0, 0.1) is 17.8 Å². The summed E-state index contributed by atoms with van der Waals surface area (Å²) in [5, 5.41) is 18.2. The van der Waals surface area contributed by atoms with E-state index in [0.29, 0.717) is 24.8 Å². The van der Waals surface area contributed by atoms with Crippen molar-refractivity contribution < 1.29 is 19.5 Å². The molecule has 2 heterocycles. The van der Waals surface area contributed by atoms with E-state index in [1.165, 1.54) is 6.42 Å². The fraction of sp³-hybridized carbons (Fsp3) is 0.824. The predicted octanol–water partition coefficient (Wildman–Crippen LogP) is 0.250. The molecule has 3 aliphatic rings. The van der Waals surface area contributed by atoms with Crippen LogP contribution in [0.3, 0.4) is 0 Å². The van der Waals surface area contributed by atoms with Gasteiger partial charge in [0.1, 0.15) is 6.04 Å². The number of carbonyl (C=O) groups excluding carboxylic acids is 2. The van der Waals surface area contributed by atoms with Gasteiger partial charge in [-0.2, -0.15) is 0 Å². The van der Waals surface area contributed by atoms with Crippen molar-refractivity contribution in [1.29, 1.82) is 0 Å². The number of rotatable bonds is 5. The van der Waals surface area contributed by atoms with Crippen LogP contribution in [0.2, 0.25) is 0 Å². The zero-order valence-corrected chi connectivity index (χ0v) is 13.9. The van der Waals surface area contributed by atoms with Gasteiger partial charge in [-0.1, -0.05) is 12.8 Å². The molecule has 0 aromatic rings. The maximum absolute atomic E-state index is 12.6. The molecule has 5 atom stereocenters. The minimum Gasteiger partial charge on any atom is -0.480 e. The van der Waals surface area contributed by atoms with Crippen LogP contribution in [0.4, 0.5) is 0 Å². The molecule has 4 N–H and O–H groups in total. The fourth-order valence-electron chi connectivity index (χ4n) is 4.47. The molecule has 2 saturated heterocycles. The number of nitrogens with one attached hydrogen (secondary N) is 3. The Morgan fingerprint density at radius 2 is 2.00 bits per heavy atom. The highest BCUT2D eigenvalue weighted by atomic mass is 16.4. The van der Waals surface area contributed by atoms with Crippen LogP contribution >= 0.6 is 0 Å². The van der Waals surface area contributed by atoms with Gasteiger partial charge in [0.2, 0.25) is 11.8 Å². The number of carboxylic acid groups (broad SMARTS) is 1. The zero-order valence-electron chi connectivity index (χ0n) is 13.9. The molecular weight excluding hydrogens is 310 g/mol. The molecule has 134 valence electrons. The van der Waals surface area contributed by atoms with Crippen LogP contribution in [0.15, 0.2) is 0 Å². The molecule has 0 bridgehead atoms. The lowest BCUT2D eigenvalue weighted by Crippen LogP contribution is -2.52. The first kappa shape index (κ1) is 17.2. The van der Waals surface area contributed by atoms with Gasteiger partial charge in [-0.15, -0.1) is 0 Å². The summed E-state index contributed by atoms with van der Waals surface area (Å²) in [4.78, 5) is 36.0. The van der Waals surface area contributed by atoms with Crippen LogP contribution in [0.1, 0.15) is 44.9 Å². The van der Waals surface area contributed by atoms with Gasteiger partial charge in [0, 0.05) is 12.5 Å². The van der Waals surface area contributed by atoms with E-state index in [9.17, 15) is 19.5 Å². The predicted molar refractivity (Wildman–Crippen MR) is 87.2 cm³/mol. The van der Waals surface area contributed by atoms with Crippen molar-refractivity contribution in [2.24, 2.45) is 17.8 Å². The molecule has 7 nitrogen and oxygen atoms in total. The van der Waals surface area contributed by atoms with Gasteiger partial charge in [-0.3, -0.25) is 9.59 Å². The highest BCUT2D eigenvalue weighted by Gasteiger charge is 2.42. The second kappa shape index (κ2) is 7.51. The summed E-state index contributed by atoms with van der Waals surface area (Å²) in [7, 11) is 0. The van der Waals surface area contributed by atoms with Crippen LogP contribution < -0.4 is 16.0 Å². The molecule has 0 aromatic carbocycles. The van der Waals surface area contributed by atoms with Crippen molar-refractivity contribution >= 4 is 17.8 Å². The van der Waals surface area contributed by atoms with Gasteiger partial charge in [-0.25, -0.2) is 4.79 Å². The third-order valence-corrected chi connectivity index (χ3v) is 5.81. The maximum Gasteiger partial charge on any atom is 0.326 e. The number of fused-ring (bicyclic) bond motifs is 1. The Morgan fingerprint density at radius 3 is 2.75 bits per heavy atom. The van der Waals surface area contributed by atoms with Crippen molar-refractivity contribution in [1.82, 2.24) is 16.0 Å². The first-order chi connectivity index (χ1) is 11.6. The second-order valence-corrected chi connectivity index (χ2v) is 7.36. The van der Waals surface area contributed by atoms with Crippen molar-refractivity contribution in [3.8, 4) is 0 Å². The van der Waals surface area contributed by atoms with E-state index >= 15 is 0 Å². The molecule has 0 radical (unpaired) electrons. The summed E-state index contributed by atoms with van der Waals surface area (Å²) >= 11 is 0. The van der Waals surface area contributed by atoms with Gasteiger partial charge in [-0.05, 0) is 50.5 Å². The van der Waals surface area contributed by atoms with Crippen molar-refractivity contribution in [2.45, 2.75) is 57.0 Å². The average molecular weight is 337 g/mol. The summed E-state index contributed by atoms with van der Waals surface area (Å²) in [6.07, 6.45) is 6.21. The number of hydrogen-bond acceptors (Lipinski definition) is 4. The van der Waals surface area contributed by atoms with Crippen molar-refractivity contribution in [2.75, 3.05) is 13.1 Å². The molecule has 3 rings (SSSR count). The Morgan fingerprint density at radius 1 is 1.21 bits per heavy atom. The summed E-state index contributed by atoms with van der Waals surface area (Å²) in [5.41, 5.74) is 0. The Kier molecular flexibility index (Phi) is 5.38. The van der Waals surface area contributed by atoms with Crippen molar-refractivity contribution in [3.63, 3.8) is 0 Å². The minimum absolute atomic E-state index is 0.104. The van der Waals surface area contributed by atoms with Crippen molar-refractivity contribution in [3.05, 3.63) is 0 Å². The first-order valence-corrected chi connectivity index (χ1v) is 9.10. The molecule has 7 heteroatoms. The summed E-state index contributed by atoms with van der Waals surface area (Å²) in [6, 6.07) is -1.30. The van der Waals surface area contributed by atoms with Gasteiger partial charge >= 0.3 is 5.97 Å². The van der Waals surface area contributed by atoms with E-state index in [1.807, 2.05) is 0 Å². The summed E-state index contributed by atoms with van der Waals surface area (Å²) in [5.74, 6) is -0.895. The summed E-state index contributed by atoms with van der Waals surface area (Å²) < 4.78 is 0. The van der Waals surface area contributed by atoms with Crippen LogP contribution in [-0.2, 0) is 14.4 Å². The Bertz CT molecular complexity index is 510. The molecule has 2 amide bonds. The molecule has 0 aromatic heterocycles. The van der Waals surface area contributed by atoms with Gasteiger partial charge in [0.05, 0.1) is 6.04 Å². The van der Waals surface area contributed by atoms with Gasteiger partial charge in [0.25, 0.3) is 0 Å². The van der Waals surface area contributed by atoms with E-state index in [4.69, 9.17) is 0 Å². The number of hydrogen-bond donors (Lipinski definition) is 4. The van der Waals surface area contributed by atoms with Crippen LogP contribution in [-0.4, -0.2) is 48.1 Å². The molecule has 1 saturated carbocycles. The fourth-order valence-corrected chi connectivity index (χ4v) is 4.47. The Labute approximate surface area is 141 Å². The third-order valence-electron chi connectivity index (χ3n) is 5.81. The topological polar surface area (TPSA) is 108 Å². The van der Waals surface area contributed by atoms with E-state index in [1.54, 1.807) is 0 Å². The number of carbonyl (C=O) groups is 3. The average Bonchev–Trinajstić information content (AvgIpc) is 3.00. The molecule has 1 aliphatic carbocycles. The maximum atomic E-state index is 12.6. The van der Waals surface area contributed by atoms with Crippen LogP contribution in [0.5, 0.6) is 0 Å². The molecule has 3 fully saturated rings. The monoisotopic (exact) mass is 337 g/mol. The summed E-state index contributed by atoms with van der Waals surface area (Å²) in [6.45, 7) is 1.49. The Balaban J connectivity index is 1.59. The van der Waals surface area contributed by atoms with E-state index in [0.717, 1.165) is 32.2 Å². The smallest absolute Gasteiger partial charge is 0.326 e. The Hall–Kier alpha value is -1.63. The lowest BCUT2D eigenvalue weighted by atomic mass is 9.78.